The van der Waals surface area contributed by atoms with E-state index in [0.29, 0.717) is 25.4 Å². The van der Waals surface area contributed by atoms with Gasteiger partial charge in [0.2, 0.25) is 26.0 Å². The first-order valence-corrected chi connectivity index (χ1v) is 14.5. The summed E-state index contributed by atoms with van der Waals surface area (Å²) in [5.41, 5.74) is 0.486. The molecule has 12 heteroatoms. The second-order valence-electron chi connectivity index (χ2n) is 8.08. The van der Waals surface area contributed by atoms with E-state index in [1.165, 1.54) is 35.7 Å². The summed E-state index contributed by atoms with van der Waals surface area (Å²) in [6.07, 6.45) is 3.54. The fraction of sp³-hybridized carbons (Fsp3) is 0.435. The van der Waals surface area contributed by atoms with Crippen molar-refractivity contribution in [3.8, 4) is 11.5 Å². The van der Waals surface area contributed by atoms with Crippen LogP contribution in [0.4, 0.5) is 11.4 Å². The van der Waals surface area contributed by atoms with Crippen molar-refractivity contribution in [1.82, 2.24) is 4.31 Å². The average molecular weight is 526 g/mol. The van der Waals surface area contributed by atoms with E-state index in [2.05, 4.69) is 5.32 Å². The first kappa shape index (κ1) is 26.8. The van der Waals surface area contributed by atoms with Gasteiger partial charge in [-0.15, -0.1) is 0 Å². The number of nitrogens with one attached hydrogen (secondary N) is 1. The predicted octanol–water partition coefficient (Wildman–Crippen LogP) is 2.67. The van der Waals surface area contributed by atoms with Crippen LogP contribution in [0.3, 0.4) is 0 Å². The molecule has 0 radical (unpaired) electrons. The molecule has 0 atom stereocenters. The number of nitrogens with zero attached hydrogens (tertiary/aromatic N) is 2. The molecule has 3 rings (SSSR count). The molecule has 10 nitrogen and oxygen atoms in total. The van der Waals surface area contributed by atoms with Crippen LogP contribution in [0.25, 0.3) is 0 Å². The Balaban J connectivity index is 1.84. The predicted molar refractivity (Wildman–Crippen MR) is 134 cm³/mol. The Morgan fingerprint density at radius 3 is 2.40 bits per heavy atom. The van der Waals surface area contributed by atoms with Crippen LogP contribution in [0, 0.1) is 0 Å². The van der Waals surface area contributed by atoms with Crippen molar-refractivity contribution in [1.29, 1.82) is 0 Å². The molecule has 0 unspecified atom stereocenters. The topological polar surface area (TPSA) is 122 Å². The molecule has 192 valence electrons. The van der Waals surface area contributed by atoms with Gasteiger partial charge in [0.05, 0.1) is 25.7 Å². The first-order chi connectivity index (χ1) is 16.6. The van der Waals surface area contributed by atoms with Crippen molar-refractivity contribution in [2.75, 3.05) is 49.2 Å². The average Bonchev–Trinajstić information content (AvgIpc) is 2.83. The number of sulfonamides is 2. The van der Waals surface area contributed by atoms with Gasteiger partial charge in [-0.25, -0.2) is 16.8 Å². The van der Waals surface area contributed by atoms with Gasteiger partial charge in [0.25, 0.3) is 0 Å². The molecule has 35 heavy (non-hydrogen) atoms. The van der Waals surface area contributed by atoms with Crippen molar-refractivity contribution in [2.24, 2.45) is 0 Å². The minimum Gasteiger partial charge on any atom is -0.495 e. The van der Waals surface area contributed by atoms with E-state index in [9.17, 15) is 21.6 Å². The largest absolute Gasteiger partial charge is 0.495 e. The van der Waals surface area contributed by atoms with Crippen LogP contribution < -0.4 is 19.1 Å². The third-order valence-corrected chi connectivity index (χ3v) is 8.54. The number of rotatable bonds is 10. The zero-order valence-electron chi connectivity index (χ0n) is 20.1. The number of hydrogen-bond donors (Lipinski definition) is 1. The summed E-state index contributed by atoms with van der Waals surface area (Å²) < 4.78 is 64.4. The maximum atomic E-state index is 13.2. The molecular formula is C23H31N3O7S2. The lowest BCUT2D eigenvalue weighted by atomic mass is 10.2. The van der Waals surface area contributed by atoms with E-state index in [1.54, 1.807) is 18.2 Å². The zero-order valence-corrected chi connectivity index (χ0v) is 21.7. The van der Waals surface area contributed by atoms with E-state index < -0.39 is 32.5 Å². The van der Waals surface area contributed by atoms with Gasteiger partial charge in [0.1, 0.15) is 22.9 Å². The van der Waals surface area contributed by atoms with Crippen molar-refractivity contribution in [3.05, 3.63) is 42.5 Å². The lowest BCUT2D eigenvalue weighted by molar-refractivity contribution is -0.114. The minimum atomic E-state index is -3.83. The fourth-order valence-electron chi connectivity index (χ4n) is 3.83. The molecule has 1 saturated heterocycles. The van der Waals surface area contributed by atoms with Gasteiger partial charge in [0.15, 0.2) is 0 Å². The number of methoxy groups -OCH3 is 1. The highest BCUT2D eigenvalue weighted by atomic mass is 32.2. The molecule has 0 spiro atoms. The van der Waals surface area contributed by atoms with E-state index in [0.717, 1.165) is 29.8 Å². The van der Waals surface area contributed by atoms with Gasteiger partial charge >= 0.3 is 0 Å². The molecular weight excluding hydrogens is 494 g/mol. The van der Waals surface area contributed by atoms with Gasteiger partial charge in [-0.3, -0.25) is 9.10 Å². The quantitative estimate of drug-likeness (QED) is 0.506. The maximum Gasteiger partial charge on any atom is 0.246 e. The molecule has 1 aliphatic heterocycles. The zero-order chi connectivity index (χ0) is 25.6. The van der Waals surface area contributed by atoms with E-state index in [-0.39, 0.29) is 22.0 Å². The molecule has 1 aliphatic rings. The molecule has 0 aliphatic carbocycles. The van der Waals surface area contributed by atoms with Crippen molar-refractivity contribution in [3.63, 3.8) is 0 Å². The molecule has 1 N–H and O–H groups in total. The highest BCUT2D eigenvalue weighted by Gasteiger charge is 2.29. The summed E-state index contributed by atoms with van der Waals surface area (Å²) in [5.74, 6) is 0.00423. The third-order valence-electron chi connectivity index (χ3n) is 5.48. The van der Waals surface area contributed by atoms with E-state index in [4.69, 9.17) is 9.47 Å². The van der Waals surface area contributed by atoms with Gasteiger partial charge in [-0.2, -0.15) is 4.31 Å². The summed E-state index contributed by atoms with van der Waals surface area (Å²) in [4.78, 5) is 12.8. The van der Waals surface area contributed by atoms with Crippen LogP contribution in [0.1, 0.15) is 26.2 Å². The molecule has 1 fully saturated rings. The monoisotopic (exact) mass is 525 g/mol. The number of carbonyl (C=O) groups excluding carboxylic acids is 1. The summed E-state index contributed by atoms with van der Waals surface area (Å²) in [7, 11) is -6.25. The Morgan fingerprint density at radius 2 is 1.77 bits per heavy atom. The number of benzene rings is 2. The lowest BCUT2D eigenvalue weighted by Crippen LogP contribution is -2.37. The SMILES string of the molecule is CCOc1cccc(N(CC(=O)Nc2ccc(OC)c(S(=O)(=O)N3CCCCC3)c2)S(C)(=O)=O)c1. The van der Waals surface area contributed by atoms with Gasteiger partial charge in [0, 0.05) is 24.8 Å². The summed E-state index contributed by atoms with van der Waals surface area (Å²) >= 11 is 0. The van der Waals surface area contributed by atoms with Crippen LogP contribution in [0.15, 0.2) is 47.4 Å². The van der Waals surface area contributed by atoms with E-state index >= 15 is 0 Å². The van der Waals surface area contributed by atoms with Gasteiger partial charge < -0.3 is 14.8 Å². The Hall–Kier alpha value is -2.83. The Labute approximate surface area is 206 Å². The molecule has 1 heterocycles. The molecule has 0 aromatic heterocycles. The summed E-state index contributed by atoms with van der Waals surface area (Å²) in [5, 5.41) is 2.61. The lowest BCUT2D eigenvalue weighted by Gasteiger charge is -2.27. The Morgan fingerprint density at radius 1 is 1.06 bits per heavy atom. The Bertz CT molecular complexity index is 1260. The van der Waals surface area contributed by atoms with E-state index in [1.807, 2.05) is 6.92 Å². The summed E-state index contributed by atoms with van der Waals surface area (Å²) in [6.45, 7) is 2.55. The van der Waals surface area contributed by atoms with Crippen LogP contribution in [0.2, 0.25) is 0 Å². The second-order valence-corrected chi connectivity index (χ2v) is 11.9. The van der Waals surface area contributed by atoms with Crippen molar-refractivity contribution < 1.29 is 31.1 Å². The van der Waals surface area contributed by atoms with Crippen LogP contribution in [-0.4, -0.2) is 66.7 Å². The van der Waals surface area contributed by atoms with Crippen LogP contribution in [0.5, 0.6) is 11.5 Å². The number of piperidine rings is 1. The second kappa shape index (κ2) is 11.3. The smallest absolute Gasteiger partial charge is 0.246 e. The molecule has 1 amide bonds. The fourth-order valence-corrected chi connectivity index (χ4v) is 6.37. The number of hydrogen-bond acceptors (Lipinski definition) is 7. The third kappa shape index (κ3) is 6.65. The number of ether oxygens (including phenoxy) is 2. The van der Waals surface area contributed by atoms with Crippen molar-refractivity contribution in [2.45, 2.75) is 31.1 Å². The number of carbonyl (C=O) groups is 1. The number of anilines is 2. The Kier molecular flexibility index (Phi) is 8.62. The molecule has 0 bridgehead atoms. The summed E-state index contributed by atoms with van der Waals surface area (Å²) in [6, 6.07) is 10.7. The maximum absolute atomic E-state index is 13.2. The number of amides is 1. The highest BCUT2D eigenvalue weighted by molar-refractivity contribution is 7.92. The normalized spacial score (nSPS) is 14.8. The van der Waals surface area contributed by atoms with Gasteiger partial charge in [-0.1, -0.05) is 12.5 Å². The standard InChI is InChI=1S/C23H31N3O7S2/c1-4-33-20-10-8-9-19(16-20)26(34(3,28)29)17-23(27)24-18-11-12-21(32-2)22(15-18)35(30,31)25-13-6-5-7-14-25/h8-12,15-16H,4-7,13-14,17H2,1-3H3,(H,24,27). The molecule has 0 saturated carbocycles. The van der Waals surface area contributed by atoms with Crippen molar-refractivity contribution >= 4 is 37.3 Å². The van der Waals surface area contributed by atoms with Gasteiger partial charge in [-0.05, 0) is 50.1 Å². The minimum absolute atomic E-state index is 0.0518. The van der Waals surface area contributed by atoms with Crippen LogP contribution >= 0.6 is 0 Å². The van der Waals surface area contributed by atoms with Crippen LogP contribution in [-0.2, 0) is 24.8 Å². The first-order valence-electron chi connectivity index (χ1n) is 11.2. The highest BCUT2D eigenvalue weighted by Crippen LogP contribution is 2.31. The molecule has 2 aromatic rings. The molecule has 2 aromatic carbocycles.